The summed E-state index contributed by atoms with van der Waals surface area (Å²) in [6.07, 6.45) is 2.02. The molecule has 0 spiro atoms. The molecule has 0 amide bonds. The summed E-state index contributed by atoms with van der Waals surface area (Å²) in [6, 6.07) is 0.442. The maximum atomic E-state index is 9.85. The average Bonchev–Trinajstić information content (AvgIpc) is 2.31. The zero-order valence-corrected chi connectivity index (χ0v) is 13.1. The number of nitrogens with one attached hydrogen (secondary N) is 1. The van der Waals surface area contributed by atoms with E-state index in [4.69, 9.17) is 4.74 Å². The molecule has 0 saturated heterocycles. The van der Waals surface area contributed by atoms with Crippen LogP contribution >= 0.6 is 0 Å². The summed E-state index contributed by atoms with van der Waals surface area (Å²) < 4.78 is 5.64. The van der Waals surface area contributed by atoms with Crippen LogP contribution in [0.25, 0.3) is 0 Å². The van der Waals surface area contributed by atoms with Gasteiger partial charge in [-0.15, -0.1) is 0 Å². The first-order valence-electron chi connectivity index (χ1n) is 7.39. The number of aliphatic hydroxyl groups is 1. The fourth-order valence-electron chi connectivity index (χ4n) is 1.94. The van der Waals surface area contributed by atoms with E-state index in [-0.39, 0.29) is 6.10 Å². The smallest absolute Gasteiger partial charge is 0.0897 e. The Labute approximate surface area is 113 Å². The first-order chi connectivity index (χ1) is 8.36. The highest BCUT2D eigenvalue weighted by molar-refractivity contribution is 4.70. The van der Waals surface area contributed by atoms with Gasteiger partial charge >= 0.3 is 0 Å². The van der Waals surface area contributed by atoms with Crippen LogP contribution in [0, 0.1) is 11.8 Å². The van der Waals surface area contributed by atoms with Gasteiger partial charge in [0, 0.05) is 12.6 Å². The quantitative estimate of drug-likeness (QED) is 0.634. The van der Waals surface area contributed by atoms with Gasteiger partial charge in [-0.3, -0.25) is 0 Å². The van der Waals surface area contributed by atoms with Crippen molar-refractivity contribution in [2.24, 2.45) is 11.8 Å². The summed E-state index contributed by atoms with van der Waals surface area (Å²) in [6.45, 7) is 14.1. The van der Waals surface area contributed by atoms with E-state index in [2.05, 4.69) is 46.9 Å². The van der Waals surface area contributed by atoms with Gasteiger partial charge in [-0.25, -0.2) is 0 Å². The molecule has 2 N–H and O–H groups in total. The summed E-state index contributed by atoms with van der Waals surface area (Å²) in [5.41, 5.74) is 0. The van der Waals surface area contributed by atoms with Gasteiger partial charge in [-0.2, -0.15) is 0 Å². The van der Waals surface area contributed by atoms with Crippen molar-refractivity contribution in [2.75, 3.05) is 13.2 Å². The minimum Gasteiger partial charge on any atom is -0.389 e. The minimum atomic E-state index is -0.411. The van der Waals surface area contributed by atoms with E-state index < -0.39 is 6.10 Å². The molecule has 110 valence electrons. The molecule has 0 fully saturated rings. The van der Waals surface area contributed by atoms with Crippen molar-refractivity contribution in [1.82, 2.24) is 5.32 Å². The SMILES string of the molecule is CCC(C)C(C)NCC(O)COC(C)CC(C)C. The van der Waals surface area contributed by atoms with Gasteiger partial charge in [0.25, 0.3) is 0 Å². The second kappa shape index (κ2) is 9.76. The van der Waals surface area contributed by atoms with Crippen molar-refractivity contribution in [2.45, 2.75) is 72.6 Å². The first kappa shape index (κ1) is 17.9. The number of ether oxygens (including phenoxy) is 1. The van der Waals surface area contributed by atoms with E-state index >= 15 is 0 Å². The minimum absolute atomic E-state index is 0.228. The van der Waals surface area contributed by atoms with Crippen LogP contribution < -0.4 is 5.32 Å². The van der Waals surface area contributed by atoms with Crippen LogP contribution in [0.5, 0.6) is 0 Å². The highest BCUT2D eigenvalue weighted by atomic mass is 16.5. The van der Waals surface area contributed by atoms with Crippen molar-refractivity contribution < 1.29 is 9.84 Å². The Morgan fingerprint density at radius 1 is 1.11 bits per heavy atom. The van der Waals surface area contributed by atoms with Crippen LogP contribution in [-0.2, 0) is 4.74 Å². The fraction of sp³-hybridized carbons (Fsp3) is 1.00. The van der Waals surface area contributed by atoms with Crippen molar-refractivity contribution >= 4 is 0 Å². The van der Waals surface area contributed by atoms with Crippen molar-refractivity contribution in [3.8, 4) is 0 Å². The zero-order valence-electron chi connectivity index (χ0n) is 13.1. The Bertz CT molecular complexity index is 197. The molecule has 0 aliphatic carbocycles. The Morgan fingerprint density at radius 2 is 1.72 bits per heavy atom. The fourth-order valence-corrected chi connectivity index (χ4v) is 1.94. The van der Waals surface area contributed by atoms with E-state index in [1.807, 2.05) is 0 Å². The molecule has 0 rings (SSSR count). The molecule has 0 saturated carbocycles. The molecule has 3 heteroatoms. The summed E-state index contributed by atoms with van der Waals surface area (Å²) >= 11 is 0. The molecule has 0 aromatic rings. The number of hydrogen-bond donors (Lipinski definition) is 2. The molecule has 0 heterocycles. The third-order valence-corrected chi connectivity index (χ3v) is 3.55. The normalized spacial score (nSPS) is 18.7. The summed E-state index contributed by atoms with van der Waals surface area (Å²) in [4.78, 5) is 0. The molecule has 0 aromatic heterocycles. The maximum Gasteiger partial charge on any atom is 0.0897 e. The molecule has 4 unspecified atom stereocenters. The van der Waals surface area contributed by atoms with Gasteiger partial charge in [0.15, 0.2) is 0 Å². The summed E-state index contributed by atoms with van der Waals surface area (Å²) in [5.74, 6) is 1.28. The van der Waals surface area contributed by atoms with E-state index in [1.165, 1.54) is 0 Å². The van der Waals surface area contributed by atoms with E-state index in [9.17, 15) is 5.11 Å². The standard InChI is InChI=1S/C15H33NO2/c1-7-12(4)14(6)16-9-15(17)10-18-13(5)8-11(2)3/h11-17H,7-10H2,1-6H3. The van der Waals surface area contributed by atoms with Crippen LogP contribution in [0.1, 0.15) is 54.4 Å². The lowest BCUT2D eigenvalue weighted by Gasteiger charge is -2.23. The Hall–Kier alpha value is -0.120. The van der Waals surface area contributed by atoms with Gasteiger partial charge < -0.3 is 15.2 Å². The predicted octanol–water partition coefficient (Wildman–Crippen LogP) is 2.82. The summed E-state index contributed by atoms with van der Waals surface area (Å²) in [7, 11) is 0. The molecule has 0 aliphatic heterocycles. The number of hydrogen-bond acceptors (Lipinski definition) is 3. The van der Waals surface area contributed by atoms with Crippen LogP contribution in [0.3, 0.4) is 0 Å². The maximum absolute atomic E-state index is 9.85. The van der Waals surface area contributed by atoms with Gasteiger partial charge in [-0.05, 0) is 32.1 Å². The van der Waals surface area contributed by atoms with Gasteiger partial charge in [0.05, 0.1) is 18.8 Å². The highest BCUT2D eigenvalue weighted by Gasteiger charge is 2.13. The van der Waals surface area contributed by atoms with E-state index in [1.54, 1.807) is 0 Å². The number of aliphatic hydroxyl groups excluding tert-OH is 1. The molecular weight excluding hydrogens is 226 g/mol. The second-order valence-electron chi connectivity index (χ2n) is 6.01. The Balaban J connectivity index is 3.68. The van der Waals surface area contributed by atoms with Crippen LogP contribution in [-0.4, -0.2) is 36.5 Å². The lowest BCUT2D eigenvalue weighted by molar-refractivity contribution is -0.00957. The second-order valence-corrected chi connectivity index (χ2v) is 6.01. The largest absolute Gasteiger partial charge is 0.389 e. The third-order valence-electron chi connectivity index (χ3n) is 3.55. The van der Waals surface area contributed by atoms with E-state index in [0.29, 0.717) is 31.0 Å². The third kappa shape index (κ3) is 8.90. The lowest BCUT2D eigenvalue weighted by atomic mass is 10.0. The molecule has 3 nitrogen and oxygen atoms in total. The van der Waals surface area contributed by atoms with Crippen LogP contribution in [0.4, 0.5) is 0 Å². The monoisotopic (exact) mass is 259 g/mol. The van der Waals surface area contributed by atoms with Gasteiger partial charge in [-0.1, -0.05) is 34.1 Å². The molecule has 0 bridgehead atoms. The molecule has 0 aliphatic rings. The molecule has 0 radical (unpaired) electrons. The molecular formula is C15H33NO2. The van der Waals surface area contributed by atoms with Crippen molar-refractivity contribution in [1.29, 1.82) is 0 Å². The van der Waals surface area contributed by atoms with Crippen LogP contribution in [0.2, 0.25) is 0 Å². The predicted molar refractivity (Wildman–Crippen MR) is 77.8 cm³/mol. The molecule has 18 heavy (non-hydrogen) atoms. The number of rotatable bonds is 10. The Kier molecular flexibility index (Phi) is 9.70. The summed E-state index contributed by atoms with van der Waals surface area (Å²) in [5, 5.41) is 13.2. The highest BCUT2D eigenvalue weighted by Crippen LogP contribution is 2.08. The molecule has 4 atom stereocenters. The zero-order chi connectivity index (χ0) is 14.1. The molecule has 0 aromatic carbocycles. The van der Waals surface area contributed by atoms with E-state index in [0.717, 1.165) is 12.8 Å². The topological polar surface area (TPSA) is 41.5 Å². The Morgan fingerprint density at radius 3 is 2.22 bits per heavy atom. The first-order valence-corrected chi connectivity index (χ1v) is 7.39. The van der Waals surface area contributed by atoms with Crippen LogP contribution in [0.15, 0.2) is 0 Å². The van der Waals surface area contributed by atoms with Gasteiger partial charge in [0.2, 0.25) is 0 Å². The average molecular weight is 259 g/mol. The lowest BCUT2D eigenvalue weighted by Crippen LogP contribution is -2.39. The van der Waals surface area contributed by atoms with Crippen molar-refractivity contribution in [3.05, 3.63) is 0 Å². The van der Waals surface area contributed by atoms with Crippen molar-refractivity contribution in [3.63, 3.8) is 0 Å². The van der Waals surface area contributed by atoms with Gasteiger partial charge in [0.1, 0.15) is 0 Å².